The minimum absolute atomic E-state index is 0.216. The number of nitrogen functional groups attached to an aromatic ring is 1. The first-order valence-corrected chi connectivity index (χ1v) is 6.74. The van der Waals surface area contributed by atoms with Crippen LogP contribution in [0.15, 0.2) is 52.3 Å². The molecule has 0 aliphatic heterocycles. The molecule has 3 rings (SSSR count). The molecular weight excluding hydrogens is 242 g/mol. The summed E-state index contributed by atoms with van der Waals surface area (Å²) < 4.78 is 0. The van der Waals surface area contributed by atoms with Gasteiger partial charge in [0.05, 0.1) is 0 Å². The fraction of sp³-hybridized carbons (Fsp3) is 0.133. The van der Waals surface area contributed by atoms with Crippen molar-refractivity contribution >= 4 is 23.2 Å². The third kappa shape index (κ3) is 2.02. The van der Waals surface area contributed by atoms with E-state index >= 15 is 0 Å². The molecule has 0 heterocycles. The summed E-state index contributed by atoms with van der Waals surface area (Å²) >= 11 is 1.65. The van der Waals surface area contributed by atoms with Gasteiger partial charge in [0.15, 0.2) is 5.78 Å². The molecule has 0 aromatic heterocycles. The zero-order chi connectivity index (χ0) is 12.5. The van der Waals surface area contributed by atoms with Crippen LogP contribution in [0, 0.1) is 0 Å². The number of benzene rings is 2. The molecule has 1 aliphatic carbocycles. The lowest BCUT2D eigenvalue weighted by atomic mass is 10.1. The van der Waals surface area contributed by atoms with Crippen LogP contribution < -0.4 is 5.73 Å². The minimum Gasteiger partial charge on any atom is -0.398 e. The minimum atomic E-state index is 0.216. The molecule has 2 N–H and O–H groups in total. The van der Waals surface area contributed by atoms with Gasteiger partial charge in [-0.2, -0.15) is 0 Å². The highest BCUT2D eigenvalue weighted by Crippen LogP contribution is 2.36. The van der Waals surface area contributed by atoms with E-state index in [4.69, 9.17) is 5.73 Å². The van der Waals surface area contributed by atoms with Crippen molar-refractivity contribution in [1.82, 2.24) is 0 Å². The molecule has 0 saturated carbocycles. The smallest absolute Gasteiger partial charge is 0.163 e. The summed E-state index contributed by atoms with van der Waals surface area (Å²) in [6, 6.07) is 14.0. The maximum Gasteiger partial charge on any atom is 0.163 e. The molecule has 2 nitrogen and oxygen atoms in total. The van der Waals surface area contributed by atoms with Crippen molar-refractivity contribution in [2.24, 2.45) is 0 Å². The highest BCUT2D eigenvalue weighted by molar-refractivity contribution is 7.99. The summed E-state index contributed by atoms with van der Waals surface area (Å²) in [5, 5.41) is 0. The van der Waals surface area contributed by atoms with Crippen molar-refractivity contribution in [3.63, 3.8) is 0 Å². The molecule has 18 heavy (non-hydrogen) atoms. The lowest BCUT2D eigenvalue weighted by molar-refractivity contribution is 0.0994. The monoisotopic (exact) mass is 255 g/mol. The molecule has 2 aromatic rings. The molecule has 0 atom stereocenters. The number of fused-ring (bicyclic) bond motifs is 1. The van der Waals surface area contributed by atoms with Crippen LogP contribution in [-0.4, -0.2) is 5.78 Å². The van der Waals surface area contributed by atoms with Crippen LogP contribution in [0.25, 0.3) is 0 Å². The number of Topliss-reactive ketones (excluding diaryl/α,β-unsaturated/α-hetero) is 1. The number of nitrogens with two attached hydrogens (primary N) is 1. The number of carbonyl (C=O) groups excluding carboxylic acids is 1. The largest absolute Gasteiger partial charge is 0.398 e. The Morgan fingerprint density at radius 2 is 1.83 bits per heavy atom. The zero-order valence-electron chi connectivity index (χ0n) is 9.85. The van der Waals surface area contributed by atoms with Crippen LogP contribution in [0.2, 0.25) is 0 Å². The second kappa shape index (κ2) is 4.50. The predicted molar refractivity (Wildman–Crippen MR) is 74.1 cm³/mol. The van der Waals surface area contributed by atoms with Crippen molar-refractivity contribution in [1.29, 1.82) is 0 Å². The first kappa shape index (κ1) is 11.4. The molecule has 1 aliphatic rings. The van der Waals surface area contributed by atoms with E-state index in [0.717, 1.165) is 27.3 Å². The van der Waals surface area contributed by atoms with Crippen LogP contribution in [0.4, 0.5) is 5.69 Å². The Kier molecular flexibility index (Phi) is 2.84. The number of rotatable bonds is 2. The highest BCUT2D eigenvalue weighted by atomic mass is 32.2. The van der Waals surface area contributed by atoms with Gasteiger partial charge in [0.2, 0.25) is 0 Å². The molecule has 0 saturated heterocycles. The third-order valence-electron chi connectivity index (χ3n) is 3.13. The van der Waals surface area contributed by atoms with Crippen molar-refractivity contribution in [3.8, 4) is 0 Å². The van der Waals surface area contributed by atoms with Gasteiger partial charge in [-0.25, -0.2) is 0 Å². The standard InChI is InChI=1S/C15H13NOS/c16-13-9-12-10(6-7-14(12)17)8-15(13)18-11-4-2-1-3-5-11/h1-5,8-9H,6-7,16H2. The van der Waals surface area contributed by atoms with Crippen molar-refractivity contribution < 1.29 is 4.79 Å². The predicted octanol–water partition coefficient (Wildman–Crippen LogP) is 3.55. The number of carbonyl (C=O) groups is 1. The molecule has 0 unspecified atom stereocenters. The van der Waals surface area contributed by atoms with Crippen molar-refractivity contribution in [2.45, 2.75) is 22.6 Å². The SMILES string of the molecule is Nc1cc2c(cc1Sc1ccccc1)CCC2=O. The van der Waals surface area contributed by atoms with E-state index in [9.17, 15) is 4.79 Å². The number of hydrogen-bond acceptors (Lipinski definition) is 3. The Labute approximate surface area is 110 Å². The molecule has 0 bridgehead atoms. The van der Waals surface area contributed by atoms with Gasteiger partial charge in [0, 0.05) is 27.5 Å². The average molecular weight is 255 g/mol. The Bertz CT molecular complexity index is 607. The fourth-order valence-corrected chi connectivity index (χ4v) is 3.12. The van der Waals surface area contributed by atoms with Gasteiger partial charge in [-0.05, 0) is 36.2 Å². The Balaban J connectivity index is 1.97. The molecule has 0 spiro atoms. The second-order valence-corrected chi connectivity index (χ2v) is 5.50. The molecule has 0 radical (unpaired) electrons. The fourth-order valence-electron chi connectivity index (χ4n) is 2.19. The Morgan fingerprint density at radius 1 is 1.06 bits per heavy atom. The van der Waals surface area contributed by atoms with Gasteiger partial charge in [0.25, 0.3) is 0 Å². The lowest BCUT2D eigenvalue weighted by Crippen LogP contribution is -1.96. The highest BCUT2D eigenvalue weighted by Gasteiger charge is 2.21. The number of aryl methyl sites for hydroxylation is 1. The maximum atomic E-state index is 11.6. The van der Waals surface area contributed by atoms with E-state index in [0.29, 0.717) is 12.1 Å². The van der Waals surface area contributed by atoms with E-state index in [-0.39, 0.29) is 5.78 Å². The van der Waals surface area contributed by atoms with E-state index in [2.05, 4.69) is 18.2 Å². The van der Waals surface area contributed by atoms with Gasteiger partial charge in [-0.3, -0.25) is 4.79 Å². The average Bonchev–Trinajstić information content (AvgIpc) is 2.73. The van der Waals surface area contributed by atoms with E-state index in [1.165, 1.54) is 0 Å². The van der Waals surface area contributed by atoms with E-state index in [1.54, 1.807) is 11.8 Å². The van der Waals surface area contributed by atoms with E-state index in [1.807, 2.05) is 24.3 Å². The van der Waals surface area contributed by atoms with Gasteiger partial charge >= 0.3 is 0 Å². The summed E-state index contributed by atoms with van der Waals surface area (Å²) in [7, 11) is 0. The summed E-state index contributed by atoms with van der Waals surface area (Å²) in [5.41, 5.74) is 8.67. The number of hydrogen-bond donors (Lipinski definition) is 1. The summed E-state index contributed by atoms with van der Waals surface area (Å²) in [4.78, 5) is 13.8. The van der Waals surface area contributed by atoms with Crippen molar-refractivity contribution in [2.75, 3.05) is 5.73 Å². The lowest BCUT2D eigenvalue weighted by Gasteiger charge is -2.08. The quantitative estimate of drug-likeness (QED) is 0.834. The Morgan fingerprint density at radius 3 is 2.61 bits per heavy atom. The molecule has 0 amide bonds. The topological polar surface area (TPSA) is 43.1 Å². The molecule has 2 aromatic carbocycles. The maximum absolute atomic E-state index is 11.6. The Hall–Kier alpha value is -1.74. The summed E-state index contributed by atoms with van der Waals surface area (Å²) in [6.07, 6.45) is 1.46. The van der Waals surface area contributed by atoms with Crippen molar-refractivity contribution in [3.05, 3.63) is 53.6 Å². The van der Waals surface area contributed by atoms with E-state index < -0.39 is 0 Å². The van der Waals surface area contributed by atoms with Crippen LogP contribution >= 0.6 is 11.8 Å². The molecule has 0 fully saturated rings. The van der Waals surface area contributed by atoms with Crippen LogP contribution in [0.1, 0.15) is 22.3 Å². The van der Waals surface area contributed by atoms with Crippen LogP contribution in [0.5, 0.6) is 0 Å². The second-order valence-electron chi connectivity index (χ2n) is 4.39. The van der Waals surface area contributed by atoms with Crippen LogP contribution in [0.3, 0.4) is 0 Å². The normalized spacial score (nSPS) is 13.7. The molecule has 3 heteroatoms. The number of ketones is 1. The van der Waals surface area contributed by atoms with Crippen LogP contribution in [-0.2, 0) is 6.42 Å². The molecular formula is C15H13NOS. The summed E-state index contributed by atoms with van der Waals surface area (Å²) in [5.74, 6) is 0.216. The number of anilines is 1. The summed E-state index contributed by atoms with van der Waals surface area (Å²) in [6.45, 7) is 0. The first-order chi connectivity index (χ1) is 8.74. The first-order valence-electron chi connectivity index (χ1n) is 5.92. The van der Waals surface area contributed by atoms with Gasteiger partial charge < -0.3 is 5.73 Å². The third-order valence-corrected chi connectivity index (χ3v) is 4.21. The van der Waals surface area contributed by atoms with Gasteiger partial charge in [-0.1, -0.05) is 30.0 Å². The van der Waals surface area contributed by atoms with Gasteiger partial charge in [-0.15, -0.1) is 0 Å². The van der Waals surface area contributed by atoms with Gasteiger partial charge in [0.1, 0.15) is 0 Å². The zero-order valence-corrected chi connectivity index (χ0v) is 10.7. The molecule has 90 valence electrons.